The fourth-order valence-corrected chi connectivity index (χ4v) is 2.39. The Kier molecular flexibility index (Phi) is 6.35. The van der Waals surface area contributed by atoms with E-state index in [0.717, 1.165) is 24.3 Å². The molecule has 0 fully saturated rings. The average Bonchev–Trinajstić information content (AvgIpc) is 2.55. The molecule has 122 valence electrons. The second kappa shape index (κ2) is 8.48. The van der Waals surface area contributed by atoms with Gasteiger partial charge in [-0.3, -0.25) is 0 Å². The molecule has 0 radical (unpaired) electrons. The quantitative estimate of drug-likeness (QED) is 0.820. The van der Waals surface area contributed by atoms with E-state index in [-0.39, 0.29) is 5.82 Å². The summed E-state index contributed by atoms with van der Waals surface area (Å²) in [6.45, 7) is 1.32. The number of rotatable bonds is 6. The molecule has 0 bridgehead atoms. The molecule has 3 nitrogen and oxygen atoms in total. The smallest absolute Gasteiger partial charge is 0.168 e. The lowest BCUT2D eigenvalue weighted by molar-refractivity contribution is 0.414. The molecule has 0 aliphatic heterocycles. The first-order valence-corrected chi connectivity index (χ1v) is 7.85. The Morgan fingerprint density at radius 1 is 1.17 bits per heavy atom. The van der Waals surface area contributed by atoms with Gasteiger partial charge in [-0.05, 0) is 54.0 Å². The van der Waals surface area contributed by atoms with Gasteiger partial charge in [-0.15, -0.1) is 0 Å². The molecule has 0 heterocycles. The third kappa shape index (κ3) is 5.53. The van der Waals surface area contributed by atoms with Crippen LogP contribution in [0.15, 0.2) is 48.5 Å². The van der Waals surface area contributed by atoms with Crippen LogP contribution in [0.1, 0.15) is 11.1 Å². The Hall–Kier alpha value is -2.14. The highest BCUT2D eigenvalue weighted by atomic mass is 32.1. The van der Waals surface area contributed by atoms with Gasteiger partial charge in [0.15, 0.2) is 5.11 Å². The lowest BCUT2D eigenvalue weighted by atomic mass is 10.1. The Bertz CT molecular complexity index is 646. The molecule has 2 aromatic rings. The van der Waals surface area contributed by atoms with E-state index < -0.39 is 0 Å². The van der Waals surface area contributed by atoms with Gasteiger partial charge >= 0.3 is 0 Å². The van der Waals surface area contributed by atoms with Crippen molar-refractivity contribution in [3.05, 3.63) is 65.5 Å². The first kappa shape index (κ1) is 17.2. The van der Waals surface area contributed by atoms with Crippen LogP contribution in [0, 0.1) is 5.82 Å². The van der Waals surface area contributed by atoms with E-state index in [2.05, 4.69) is 5.32 Å². The molecular weight excluding hydrogens is 311 g/mol. The van der Waals surface area contributed by atoms with Crippen molar-refractivity contribution in [3.63, 3.8) is 0 Å². The summed E-state index contributed by atoms with van der Waals surface area (Å²) in [5.74, 6) is 0.626. The normalized spacial score (nSPS) is 10.2. The zero-order valence-electron chi connectivity index (χ0n) is 13.4. The van der Waals surface area contributed by atoms with Crippen molar-refractivity contribution >= 4 is 17.3 Å². The van der Waals surface area contributed by atoms with E-state index in [9.17, 15) is 4.39 Å². The molecular formula is C18H21FN2OS. The highest BCUT2D eigenvalue weighted by Crippen LogP contribution is 2.11. The molecule has 23 heavy (non-hydrogen) atoms. The topological polar surface area (TPSA) is 24.5 Å². The van der Waals surface area contributed by atoms with Crippen molar-refractivity contribution in [1.29, 1.82) is 0 Å². The fraction of sp³-hybridized carbons (Fsp3) is 0.278. The number of methoxy groups -OCH3 is 1. The third-order valence-electron chi connectivity index (χ3n) is 3.50. The van der Waals surface area contributed by atoms with Gasteiger partial charge in [-0.1, -0.05) is 24.3 Å². The second-order valence-electron chi connectivity index (χ2n) is 5.32. The number of ether oxygens (including phenoxy) is 1. The molecule has 0 saturated heterocycles. The van der Waals surface area contributed by atoms with Gasteiger partial charge in [0, 0.05) is 20.1 Å². The molecule has 0 amide bonds. The maximum Gasteiger partial charge on any atom is 0.168 e. The van der Waals surface area contributed by atoms with Crippen LogP contribution in [0.2, 0.25) is 0 Å². The zero-order chi connectivity index (χ0) is 16.7. The van der Waals surface area contributed by atoms with Crippen LogP contribution in [-0.2, 0) is 13.0 Å². The minimum Gasteiger partial charge on any atom is -0.497 e. The largest absolute Gasteiger partial charge is 0.497 e. The summed E-state index contributed by atoms with van der Waals surface area (Å²) in [6, 6.07) is 14.5. The molecule has 0 spiro atoms. The monoisotopic (exact) mass is 332 g/mol. The summed E-state index contributed by atoms with van der Waals surface area (Å²) < 4.78 is 18.3. The number of hydrogen-bond acceptors (Lipinski definition) is 2. The van der Waals surface area contributed by atoms with Gasteiger partial charge in [0.05, 0.1) is 7.11 Å². The molecule has 0 aromatic heterocycles. The van der Waals surface area contributed by atoms with Crippen LogP contribution < -0.4 is 10.1 Å². The Labute approximate surface area is 142 Å². The lowest BCUT2D eigenvalue weighted by Crippen LogP contribution is -2.37. The zero-order valence-corrected chi connectivity index (χ0v) is 14.2. The van der Waals surface area contributed by atoms with Crippen LogP contribution in [-0.4, -0.2) is 30.7 Å². The van der Waals surface area contributed by atoms with Crippen molar-refractivity contribution < 1.29 is 9.13 Å². The Balaban J connectivity index is 1.77. The van der Waals surface area contributed by atoms with E-state index in [4.69, 9.17) is 17.0 Å². The minimum absolute atomic E-state index is 0.228. The van der Waals surface area contributed by atoms with Crippen LogP contribution in [0.25, 0.3) is 0 Å². The molecule has 5 heteroatoms. The maximum absolute atomic E-state index is 13.2. The van der Waals surface area contributed by atoms with Gasteiger partial charge in [0.25, 0.3) is 0 Å². The maximum atomic E-state index is 13.2. The SMILES string of the molecule is COc1ccc(CCNC(=S)N(C)Cc2cccc(F)c2)cc1. The summed E-state index contributed by atoms with van der Waals surface area (Å²) in [6.07, 6.45) is 0.873. The highest BCUT2D eigenvalue weighted by molar-refractivity contribution is 7.80. The first-order chi connectivity index (χ1) is 11.1. The van der Waals surface area contributed by atoms with E-state index in [1.165, 1.54) is 17.7 Å². The number of nitrogens with one attached hydrogen (secondary N) is 1. The molecule has 2 rings (SSSR count). The van der Waals surface area contributed by atoms with Gasteiger partial charge in [0.2, 0.25) is 0 Å². The number of halogens is 1. The molecule has 0 unspecified atom stereocenters. The molecule has 0 saturated carbocycles. The van der Waals surface area contributed by atoms with Crippen molar-refractivity contribution in [3.8, 4) is 5.75 Å². The van der Waals surface area contributed by atoms with E-state index in [1.54, 1.807) is 13.2 Å². The molecule has 0 atom stereocenters. The molecule has 1 N–H and O–H groups in total. The summed E-state index contributed by atoms with van der Waals surface area (Å²) in [5, 5.41) is 3.88. The standard InChI is InChI=1S/C18H21FN2OS/c1-21(13-15-4-3-5-16(19)12-15)18(23)20-11-10-14-6-8-17(22-2)9-7-14/h3-9,12H,10-11,13H2,1-2H3,(H,20,23). The second-order valence-corrected chi connectivity index (χ2v) is 5.70. The third-order valence-corrected chi connectivity index (χ3v) is 3.96. The molecule has 0 aliphatic rings. The Morgan fingerprint density at radius 3 is 2.57 bits per heavy atom. The van der Waals surface area contributed by atoms with Crippen molar-refractivity contribution in [2.45, 2.75) is 13.0 Å². The summed E-state index contributed by atoms with van der Waals surface area (Å²) in [4.78, 5) is 1.90. The predicted molar refractivity (Wildman–Crippen MR) is 95.2 cm³/mol. The Morgan fingerprint density at radius 2 is 1.91 bits per heavy atom. The van der Waals surface area contributed by atoms with Gasteiger partial charge < -0.3 is 15.0 Å². The number of nitrogens with zero attached hydrogens (tertiary/aromatic N) is 1. The van der Waals surface area contributed by atoms with E-state index >= 15 is 0 Å². The number of thiocarbonyl (C=S) groups is 1. The minimum atomic E-state index is -0.228. The fourth-order valence-electron chi connectivity index (χ4n) is 2.22. The molecule has 2 aromatic carbocycles. The van der Waals surface area contributed by atoms with Crippen LogP contribution in [0.4, 0.5) is 4.39 Å². The average molecular weight is 332 g/mol. The first-order valence-electron chi connectivity index (χ1n) is 7.45. The van der Waals surface area contributed by atoms with Gasteiger partial charge in [-0.25, -0.2) is 4.39 Å². The van der Waals surface area contributed by atoms with Crippen LogP contribution in [0.3, 0.4) is 0 Å². The summed E-state index contributed by atoms with van der Waals surface area (Å²) in [7, 11) is 3.55. The highest BCUT2D eigenvalue weighted by Gasteiger charge is 2.05. The van der Waals surface area contributed by atoms with Gasteiger partial charge in [0.1, 0.15) is 11.6 Å². The van der Waals surface area contributed by atoms with Crippen molar-refractivity contribution in [1.82, 2.24) is 10.2 Å². The summed E-state index contributed by atoms with van der Waals surface area (Å²) in [5.41, 5.74) is 2.11. The van der Waals surface area contributed by atoms with Crippen LogP contribution >= 0.6 is 12.2 Å². The predicted octanol–water partition coefficient (Wildman–Crippen LogP) is 3.38. The van der Waals surface area contributed by atoms with Gasteiger partial charge in [-0.2, -0.15) is 0 Å². The lowest BCUT2D eigenvalue weighted by Gasteiger charge is -2.21. The van der Waals surface area contributed by atoms with Crippen LogP contribution in [0.5, 0.6) is 5.75 Å². The van der Waals surface area contributed by atoms with Crippen molar-refractivity contribution in [2.75, 3.05) is 20.7 Å². The van der Waals surface area contributed by atoms with E-state index in [1.807, 2.05) is 42.3 Å². The van der Waals surface area contributed by atoms with E-state index in [0.29, 0.717) is 11.7 Å². The van der Waals surface area contributed by atoms with Crippen molar-refractivity contribution in [2.24, 2.45) is 0 Å². The number of hydrogen-bond donors (Lipinski definition) is 1. The summed E-state index contributed by atoms with van der Waals surface area (Å²) >= 11 is 5.36. The molecule has 0 aliphatic carbocycles. The number of benzene rings is 2.